The van der Waals surface area contributed by atoms with Gasteiger partial charge in [-0.3, -0.25) is 4.79 Å². The monoisotopic (exact) mass is 357 g/mol. The number of amides is 1. The quantitative estimate of drug-likeness (QED) is 0.733. The fraction of sp³-hybridized carbons (Fsp3) is 0.167. The van der Waals surface area contributed by atoms with E-state index in [2.05, 4.69) is 15.5 Å². The highest BCUT2D eigenvalue weighted by Gasteiger charge is 2.13. The van der Waals surface area contributed by atoms with E-state index in [4.69, 9.17) is 4.74 Å². The summed E-state index contributed by atoms with van der Waals surface area (Å²) in [5, 5.41) is 11.3. The van der Waals surface area contributed by atoms with Crippen molar-refractivity contribution >= 4 is 17.2 Å². The fourth-order valence-electron chi connectivity index (χ4n) is 2.07. The molecule has 2 aromatic carbocycles. The van der Waals surface area contributed by atoms with Gasteiger partial charge >= 0.3 is 0 Å². The van der Waals surface area contributed by atoms with Crippen LogP contribution < -0.4 is 10.1 Å². The van der Waals surface area contributed by atoms with Gasteiger partial charge in [0.25, 0.3) is 5.91 Å². The van der Waals surface area contributed by atoms with Crippen LogP contribution in [0, 0.1) is 12.7 Å². The van der Waals surface area contributed by atoms with Gasteiger partial charge in [-0.2, -0.15) is 0 Å². The summed E-state index contributed by atoms with van der Waals surface area (Å²) in [4.78, 5) is 12.1. The Hall–Kier alpha value is -2.80. The van der Waals surface area contributed by atoms with Crippen LogP contribution in [-0.2, 0) is 13.2 Å². The molecule has 0 aliphatic carbocycles. The topological polar surface area (TPSA) is 64.1 Å². The molecule has 3 rings (SSSR count). The predicted octanol–water partition coefficient (Wildman–Crippen LogP) is 3.49. The molecule has 0 fully saturated rings. The lowest BCUT2D eigenvalue weighted by Crippen LogP contribution is -2.22. The van der Waals surface area contributed by atoms with Crippen LogP contribution in [0.5, 0.6) is 5.75 Å². The van der Waals surface area contributed by atoms with Gasteiger partial charge in [0.05, 0.1) is 0 Å². The summed E-state index contributed by atoms with van der Waals surface area (Å²) in [6.07, 6.45) is 0. The molecule has 0 aliphatic rings. The van der Waals surface area contributed by atoms with Gasteiger partial charge in [-0.1, -0.05) is 53.3 Å². The first-order valence-corrected chi connectivity index (χ1v) is 8.47. The summed E-state index contributed by atoms with van der Waals surface area (Å²) in [6, 6.07) is 14.0. The Bertz CT molecular complexity index is 865. The lowest BCUT2D eigenvalue weighted by atomic mass is 10.1. The zero-order valence-corrected chi connectivity index (χ0v) is 14.3. The Morgan fingerprint density at radius 3 is 2.68 bits per heavy atom. The molecule has 1 heterocycles. The summed E-state index contributed by atoms with van der Waals surface area (Å²) in [7, 11) is 0. The maximum atomic E-state index is 13.5. The van der Waals surface area contributed by atoms with Crippen molar-refractivity contribution in [2.24, 2.45) is 0 Å². The standard InChI is InChI=1S/C18H16FN3O2S/c1-12-6-8-13(9-7-12)10-20-17(23)18-22-21-16(25-18)11-24-15-5-3-2-4-14(15)19/h2-9H,10-11H2,1H3,(H,20,23). The minimum absolute atomic E-state index is 0.0594. The van der Waals surface area contributed by atoms with E-state index in [0.29, 0.717) is 11.6 Å². The highest BCUT2D eigenvalue weighted by molar-refractivity contribution is 7.13. The number of hydrogen-bond donors (Lipinski definition) is 1. The average Bonchev–Trinajstić information content (AvgIpc) is 3.09. The molecule has 1 N–H and O–H groups in total. The van der Waals surface area contributed by atoms with Gasteiger partial charge in [-0.15, -0.1) is 10.2 Å². The molecule has 0 aliphatic heterocycles. The molecular weight excluding hydrogens is 341 g/mol. The number of rotatable bonds is 6. The van der Waals surface area contributed by atoms with Gasteiger partial charge in [0.2, 0.25) is 5.01 Å². The lowest BCUT2D eigenvalue weighted by Gasteiger charge is -2.04. The number of carbonyl (C=O) groups excluding carboxylic acids is 1. The number of ether oxygens (including phenoxy) is 1. The van der Waals surface area contributed by atoms with E-state index in [-0.39, 0.29) is 23.3 Å². The zero-order chi connectivity index (χ0) is 17.6. The number of aromatic nitrogens is 2. The second kappa shape index (κ2) is 7.85. The van der Waals surface area contributed by atoms with E-state index in [1.807, 2.05) is 31.2 Å². The predicted molar refractivity (Wildman–Crippen MR) is 93.0 cm³/mol. The van der Waals surface area contributed by atoms with Crippen molar-refractivity contribution in [1.29, 1.82) is 0 Å². The number of halogens is 1. The summed E-state index contributed by atoms with van der Waals surface area (Å²) < 4.78 is 18.8. The van der Waals surface area contributed by atoms with Crippen molar-refractivity contribution in [1.82, 2.24) is 15.5 Å². The number of nitrogens with one attached hydrogen (secondary N) is 1. The molecule has 3 aromatic rings. The first-order chi connectivity index (χ1) is 12.1. The van der Waals surface area contributed by atoms with Crippen molar-refractivity contribution in [3.63, 3.8) is 0 Å². The van der Waals surface area contributed by atoms with Gasteiger partial charge in [0.15, 0.2) is 16.6 Å². The van der Waals surface area contributed by atoms with Crippen molar-refractivity contribution in [3.05, 3.63) is 75.5 Å². The Labute approximate surface area is 148 Å². The Morgan fingerprint density at radius 2 is 1.92 bits per heavy atom. The maximum Gasteiger partial charge on any atom is 0.282 e. The number of hydrogen-bond acceptors (Lipinski definition) is 5. The van der Waals surface area contributed by atoms with Gasteiger partial charge in [-0.25, -0.2) is 4.39 Å². The van der Waals surface area contributed by atoms with Gasteiger partial charge in [0.1, 0.15) is 6.61 Å². The van der Waals surface area contributed by atoms with Crippen LogP contribution in [0.4, 0.5) is 4.39 Å². The van der Waals surface area contributed by atoms with E-state index in [0.717, 1.165) is 16.9 Å². The van der Waals surface area contributed by atoms with Crippen LogP contribution in [0.15, 0.2) is 48.5 Å². The van der Waals surface area contributed by atoms with Crippen LogP contribution in [0.2, 0.25) is 0 Å². The van der Waals surface area contributed by atoms with Crippen LogP contribution in [0.25, 0.3) is 0 Å². The SMILES string of the molecule is Cc1ccc(CNC(=O)c2nnc(COc3ccccc3F)s2)cc1. The third kappa shape index (κ3) is 4.60. The normalized spacial score (nSPS) is 10.5. The largest absolute Gasteiger partial charge is 0.483 e. The summed E-state index contributed by atoms with van der Waals surface area (Å²) in [5.41, 5.74) is 2.17. The Kier molecular flexibility index (Phi) is 5.35. The van der Waals surface area contributed by atoms with E-state index in [9.17, 15) is 9.18 Å². The molecule has 7 heteroatoms. The van der Waals surface area contributed by atoms with Crippen molar-refractivity contribution in [2.45, 2.75) is 20.1 Å². The minimum Gasteiger partial charge on any atom is -0.483 e. The first kappa shape index (κ1) is 17.0. The van der Waals surface area contributed by atoms with E-state index >= 15 is 0 Å². The van der Waals surface area contributed by atoms with E-state index in [1.165, 1.54) is 17.7 Å². The molecule has 0 bridgehead atoms. The number of aryl methyl sites for hydroxylation is 1. The van der Waals surface area contributed by atoms with Gasteiger partial charge in [-0.05, 0) is 24.6 Å². The average molecular weight is 357 g/mol. The van der Waals surface area contributed by atoms with Gasteiger partial charge < -0.3 is 10.1 Å². The molecule has 0 saturated carbocycles. The third-order valence-corrected chi connectivity index (χ3v) is 4.32. The maximum absolute atomic E-state index is 13.5. The Morgan fingerprint density at radius 1 is 1.16 bits per heavy atom. The van der Waals surface area contributed by atoms with E-state index < -0.39 is 5.82 Å². The highest BCUT2D eigenvalue weighted by atomic mass is 32.1. The van der Waals surface area contributed by atoms with Crippen molar-refractivity contribution < 1.29 is 13.9 Å². The molecule has 0 spiro atoms. The van der Waals surface area contributed by atoms with Crippen molar-refractivity contribution in [2.75, 3.05) is 0 Å². The molecule has 0 radical (unpaired) electrons. The third-order valence-electron chi connectivity index (χ3n) is 3.42. The molecule has 1 amide bonds. The molecule has 5 nitrogen and oxygen atoms in total. The highest BCUT2D eigenvalue weighted by Crippen LogP contribution is 2.18. The number of para-hydroxylation sites is 1. The molecule has 25 heavy (non-hydrogen) atoms. The number of benzene rings is 2. The second-order valence-corrected chi connectivity index (χ2v) is 6.45. The zero-order valence-electron chi connectivity index (χ0n) is 13.5. The van der Waals surface area contributed by atoms with Crippen LogP contribution >= 0.6 is 11.3 Å². The lowest BCUT2D eigenvalue weighted by molar-refractivity contribution is 0.0950. The van der Waals surface area contributed by atoms with Crippen LogP contribution in [0.1, 0.15) is 25.9 Å². The number of carbonyl (C=O) groups is 1. The minimum atomic E-state index is -0.442. The second-order valence-electron chi connectivity index (χ2n) is 5.39. The van der Waals surface area contributed by atoms with Crippen molar-refractivity contribution in [3.8, 4) is 5.75 Å². The molecule has 128 valence electrons. The molecule has 1 aromatic heterocycles. The Balaban J connectivity index is 1.54. The smallest absolute Gasteiger partial charge is 0.282 e. The summed E-state index contributed by atoms with van der Waals surface area (Å²) in [5.74, 6) is -0.596. The van der Waals surface area contributed by atoms with Crippen LogP contribution in [-0.4, -0.2) is 16.1 Å². The van der Waals surface area contributed by atoms with E-state index in [1.54, 1.807) is 12.1 Å². The summed E-state index contributed by atoms with van der Waals surface area (Å²) >= 11 is 1.12. The molecule has 0 saturated heterocycles. The molecule has 0 unspecified atom stereocenters. The summed E-state index contributed by atoms with van der Waals surface area (Å²) in [6.45, 7) is 2.48. The molecular formula is C18H16FN3O2S. The molecule has 0 atom stereocenters. The first-order valence-electron chi connectivity index (χ1n) is 7.65. The number of nitrogens with zero attached hydrogens (tertiary/aromatic N) is 2. The van der Waals surface area contributed by atoms with Gasteiger partial charge in [0, 0.05) is 6.54 Å². The van der Waals surface area contributed by atoms with Crippen LogP contribution in [0.3, 0.4) is 0 Å². The fourth-order valence-corrected chi connectivity index (χ4v) is 2.74.